The van der Waals surface area contributed by atoms with E-state index in [9.17, 15) is 13.6 Å². The van der Waals surface area contributed by atoms with Crippen molar-refractivity contribution in [2.75, 3.05) is 7.11 Å². The van der Waals surface area contributed by atoms with Crippen LogP contribution in [-0.2, 0) is 4.79 Å². The topological polar surface area (TPSA) is 79.9 Å². The summed E-state index contributed by atoms with van der Waals surface area (Å²) in [5.41, 5.74) is 1.93. The van der Waals surface area contributed by atoms with Crippen LogP contribution in [0.2, 0.25) is 0 Å². The number of methoxy groups -OCH3 is 1. The SMILES string of the molecule is COc1cccc([C@H]([C@H](C)NC(=O)C(C)(F)F)n2ncc3cc(C#N)ccc32)c1. The molecule has 1 amide bonds. The van der Waals surface area contributed by atoms with Crippen LogP contribution in [0.3, 0.4) is 0 Å². The number of nitriles is 1. The molecule has 1 aromatic heterocycles. The van der Waals surface area contributed by atoms with Gasteiger partial charge < -0.3 is 10.1 Å². The summed E-state index contributed by atoms with van der Waals surface area (Å²) in [5, 5.41) is 16.6. The monoisotopic (exact) mass is 398 g/mol. The Balaban J connectivity index is 2.10. The molecule has 2 aromatic carbocycles. The lowest BCUT2D eigenvalue weighted by Crippen LogP contribution is -2.46. The molecule has 0 aliphatic rings. The molecule has 3 rings (SSSR count). The second-order valence-corrected chi connectivity index (χ2v) is 6.85. The van der Waals surface area contributed by atoms with Crippen molar-refractivity contribution >= 4 is 16.8 Å². The van der Waals surface area contributed by atoms with Gasteiger partial charge in [-0.1, -0.05) is 12.1 Å². The van der Waals surface area contributed by atoms with Crippen molar-refractivity contribution in [3.63, 3.8) is 0 Å². The highest BCUT2D eigenvalue weighted by Gasteiger charge is 2.35. The molecule has 150 valence electrons. The Morgan fingerprint density at radius 2 is 2.07 bits per heavy atom. The average Bonchev–Trinajstić information content (AvgIpc) is 3.10. The number of amides is 1. The second kappa shape index (κ2) is 7.87. The van der Waals surface area contributed by atoms with Gasteiger partial charge in [-0.25, -0.2) is 0 Å². The highest BCUT2D eigenvalue weighted by atomic mass is 19.3. The van der Waals surface area contributed by atoms with Crippen LogP contribution in [0.25, 0.3) is 10.9 Å². The van der Waals surface area contributed by atoms with E-state index < -0.39 is 23.9 Å². The molecule has 0 bridgehead atoms. The largest absolute Gasteiger partial charge is 0.497 e. The van der Waals surface area contributed by atoms with E-state index in [-0.39, 0.29) is 0 Å². The maximum atomic E-state index is 13.5. The Hall–Kier alpha value is -3.47. The number of hydrogen-bond donors (Lipinski definition) is 1. The third-order valence-electron chi connectivity index (χ3n) is 4.65. The first-order valence-corrected chi connectivity index (χ1v) is 8.94. The fourth-order valence-electron chi connectivity index (χ4n) is 3.22. The number of rotatable bonds is 6. The minimum Gasteiger partial charge on any atom is -0.497 e. The van der Waals surface area contributed by atoms with Gasteiger partial charge >= 0.3 is 5.92 Å². The number of ether oxygens (including phenoxy) is 1. The van der Waals surface area contributed by atoms with Gasteiger partial charge in [0.05, 0.1) is 42.5 Å². The van der Waals surface area contributed by atoms with Gasteiger partial charge in [0.1, 0.15) is 5.75 Å². The molecule has 8 heteroatoms. The average molecular weight is 398 g/mol. The van der Waals surface area contributed by atoms with Crippen molar-refractivity contribution in [3.05, 3.63) is 59.8 Å². The van der Waals surface area contributed by atoms with Gasteiger partial charge in [-0.3, -0.25) is 9.48 Å². The number of alkyl halides is 2. The second-order valence-electron chi connectivity index (χ2n) is 6.85. The van der Waals surface area contributed by atoms with Crippen LogP contribution >= 0.6 is 0 Å². The molecule has 1 N–H and O–H groups in total. The third kappa shape index (κ3) is 4.19. The summed E-state index contributed by atoms with van der Waals surface area (Å²) in [6, 6.07) is 13.0. The molecule has 2 atom stereocenters. The number of carbonyl (C=O) groups is 1. The molecule has 3 aromatic rings. The van der Waals surface area contributed by atoms with Gasteiger partial charge in [-0.05, 0) is 42.8 Å². The molecule has 0 radical (unpaired) electrons. The van der Waals surface area contributed by atoms with Gasteiger partial charge in [0.15, 0.2) is 0 Å². The van der Waals surface area contributed by atoms with Crippen LogP contribution in [0.4, 0.5) is 8.78 Å². The van der Waals surface area contributed by atoms with E-state index in [1.54, 1.807) is 54.2 Å². The Labute approximate surface area is 166 Å². The molecule has 6 nitrogen and oxygen atoms in total. The van der Waals surface area contributed by atoms with E-state index in [1.165, 1.54) is 7.11 Å². The molecule has 0 fully saturated rings. The standard InChI is InChI=1S/C21H20F2N4O2/c1-13(26-20(28)21(2,22)23)19(15-5-4-6-17(10-15)29-3)27-18-8-7-14(11-24)9-16(18)12-25-27/h4-10,12-13,19H,1-3H3,(H,26,28)/t13-,19-/m0/s1. The van der Waals surface area contributed by atoms with Crippen molar-refractivity contribution in [3.8, 4) is 11.8 Å². The molecular formula is C21H20F2N4O2. The number of carbonyl (C=O) groups excluding carboxylic acids is 1. The van der Waals surface area contributed by atoms with Crippen LogP contribution in [0.5, 0.6) is 5.75 Å². The summed E-state index contributed by atoms with van der Waals surface area (Å²) >= 11 is 0. The third-order valence-corrected chi connectivity index (χ3v) is 4.65. The first kappa shape index (κ1) is 20.3. The number of fused-ring (bicyclic) bond motifs is 1. The van der Waals surface area contributed by atoms with Crippen LogP contribution in [-0.4, -0.2) is 34.8 Å². The first-order valence-electron chi connectivity index (χ1n) is 8.94. The molecule has 1 heterocycles. The molecule has 0 aliphatic heterocycles. The van der Waals surface area contributed by atoms with Crippen molar-refractivity contribution in [1.29, 1.82) is 5.26 Å². The van der Waals surface area contributed by atoms with E-state index in [0.717, 1.165) is 10.9 Å². The van der Waals surface area contributed by atoms with E-state index in [1.807, 2.05) is 6.07 Å². The number of nitrogens with one attached hydrogen (secondary N) is 1. The smallest absolute Gasteiger partial charge is 0.321 e. The summed E-state index contributed by atoms with van der Waals surface area (Å²) in [6.45, 7) is 2.20. The normalized spacial score (nSPS) is 13.5. The summed E-state index contributed by atoms with van der Waals surface area (Å²) < 4.78 is 33.8. The number of hydrogen-bond acceptors (Lipinski definition) is 4. The Morgan fingerprint density at radius 3 is 2.72 bits per heavy atom. The quantitative estimate of drug-likeness (QED) is 0.687. The van der Waals surface area contributed by atoms with E-state index in [2.05, 4.69) is 16.5 Å². The Morgan fingerprint density at radius 1 is 1.31 bits per heavy atom. The van der Waals surface area contributed by atoms with Gasteiger partial charge in [0.25, 0.3) is 5.91 Å². The lowest BCUT2D eigenvalue weighted by Gasteiger charge is -2.28. The van der Waals surface area contributed by atoms with Gasteiger partial charge in [0.2, 0.25) is 0 Å². The van der Waals surface area contributed by atoms with Crippen LogP contribution < -0.4 is 10.1 Å². The molecular weight excluding hydrogens is 378 g/mol. The van der Waals surface area contributed by atoms with Gasteiger partial charge in [-0.15, -0.1) is 0 Å². The lowest BCUT2D eigenvalue weighted by molar-refractivity contribution is -0.143. The molecule has 0 saturated heterocycles. The summed E-state index contributed by atoms with van der Waals surface area (Å²) in [7, 11) is 1.53. The number of nitrogens with zero attached hydrogens (tertiary/aromatic N) is 3. The Bertz CT molecular complexity index is 1080. The van der Waals surface area contributed by atoms with E-state index in [4.69, 9.17) is 10.00 Å². The molecule has 0 unspecified atom stereocenters. The minimum absolute atomic E-state index is 0.488. The fourth-order valence-corrected chi connectivity index (χ4v) is 3.22. The van der Waals surface area contributed by atoms with Crippen molar-refractivity contribution in [2.45, 2.75) is 31.9 Å². The van der Waals surface area contributed by atoms with E-state index in [0.29, 0.717) is 23.8 Å². The summed E-state index contributed by atoms with van der Waals surface area (Å²) in [5.74, 6) is -4.27. The maximum Gasteiger partial charge on any atom is 0.321 e. The molecule has 0 saturated carbocycles. The Kier molecular flexibility index (Phi) is 5.50. The van der Waals surface area contributed by atoms with Crippen molar-refractivity contribution < 1.29 is 18.3 Å². The fraction of sp³-hybridized carbons (Fsp3) is 0.286. The predicted molar refractivity (Wildman–Crippen MR) is 104 cm³/mol. The number of aromatic nitrogens is 2. The summed E-state index contributed by atoms with van der Waals surface area (Å²) in [4.78, 5) is 11.9. The lowest BCUT2D eigenvalue weighted by atomic mass is 9.99. The van der Waals surface area contributed by atoms with E-state index >= 15 is 0 Å². The zero-order chi connectivity index (χ0) is 21.2. The van der Waals surface area contributed by atoms with Crippen molar-refractivity contribution in [1.82, 2.24) is 15.1 Å². The maximum absolute atomic E-state index is 13.5. The molecule has 29 heavy (non-hydrogen) atoms. The van der Waals surface area contributed by atoms with Crippen LogP contribution in [0.15, 0.2) is 48.7 Å². The van der Waals surface area contributed by atoms with Crippen LogP contribution in [0.1, 0.15) is 31.0 Å². The molecule has 0 aliphatic carbocycles. The minimum atomic E-state index is -3.50. The molecule has 0 spiro atoms. The number of benzene rings is 2. The first-order chi connectivity index (χ1) is 13.7. The van der Waals surface area contributed by atoms with Crippen molar-refractivity contribution in [2.24, 2.45) is 0 Å². The highest BCUT2D eigenvalue weighted by molar-refractivity contribution is 5.83. The highest BCUT2D eigenvalue weighted by Crippen LogP contribution is 2.29. The van der Waals surface area contributed by atoms with Gasteiger partial charge in [-0.2, -0.15) is 19.1 Å². The predicted octanol–water partition coefficient (Wildman–Crippen LogP) is 3.67. The number of halogens is 2. The zero-order valence-electron chi connectivity index (χ0n) is 16.2. The zero-order valence-corrected chi connectivity index (χ0v) is 16.2. The van der Waals surface area contributed by atoms with Gasteiger partial charge in [0, 0.05) is 12.3 Å². The summed E-state index contributed by atoms with van der Waals surface area (Å²) in [6.07, 6.45) is 1.60. The van der Waals surface area contributed by atoms with Crippen LogP contribution in [0, 0.1) is 11.3 Å².